The molecule has 1 aromatic heterocycles. The number of aryl methyl sites for hydroxylation is 1. The SMILES string of the molecule is Cc1ccc(CNC(=O)CC2(CS)CC2)s1. The Morgan fingerprint density at radius 1 is 1.56 bits per heavy atom. The fraction of sp³-hybridized carbons (Fsp3) is 0.583. The third-order valence-corrected chi connectivity index (χ3v) is 4.76. The van der Waals surface area contributed by atoms with E-state index in [2.05, 4.69) is 37.0 Å². The number of thiol groups is 1. The maximum Gasteiger partial charge on any atom is 0.220 e. The van der Waals surface area contributed by atoms with Gasteiger partial charge in [0, 0.05) is 16.2 Å². The fourth-order valence-corrected chi connectivity index (χ4v) is 2.99. The number of rotatable bonds is 5. The van der Waals surface area contributed by atoms with Crippen molar-refractivity contribution in [3.8, 4) is 0 Å². The lowest BCUT2D eigenvalue weighted by molar-refractivity contribution is -0.122. The number of amides is 1. The van der Waals surface area contributed by atoms with E-state index in [0.717, 1.165) is 18.6 Å². The molecule has 1 aliphatic carbocycles. The van der Waals surface area contributed by atoms with Crippen molar-refractivity contribution in [3.63, 3.8) is 0 Å². The van der Waals surface area contributed by atoms with E-state index >= 15 is 0 Å². The van der Waals surface area contributed by atoms with Crippen LogP contribution in [0.25, 0.3) is 0 Å². The number of carbonyl (C=O) groups is 1. The van der Waals surface area contributed by atoms with Gasteiger partial charge in [0.25, 0.3) is 0 Å². The molecule has 1 N–H and O–H groups in total. The highest BCUT2D eigenvalue weighted by molar-refractivity contribution is 7.80. The summed E-state index contributed by atoms with van der Waals surface area (Å²) in [7, 11) is 0. The van der Waals surface area contributed by atoms with Crippen LogP contribution in [0.1, 0.15) is 29.0 Å². The van der Waals surface area contributed by atoms with E-state index in [0.29, 0.717) is 13.0 Å². The summed E-state index contributed by atoms with van der Waals surface area (Å²) in [5.74, 6) is 0.996. The van der Waals surface area contributed by atoms with E-state index in [1.807, 2.05) is 0 Å². The number of hydrogen-bond donors (Lipinski definition) is 2. The van der Waals surface area contributed by atoms with Crippen LogP contribution in [0.15, 0.2) is 12.1 Å². The molecular formula is C12H17NOS2. The normalized spacial score (nSPS) is 17.1. The molecular weight excluding hydrogens is 238 g/mol. The molecule has 1 fully saturated rings. The first-order chi connectivity index (χ1) is 7.63. The van der Waals surface area contributed by atoms with Crippen molar-refractivity contribution in [2.45, 2.75) is 32.7 Å². The topological polar surface area (TPSA) is 29.1 Å². The quantitative estimate of drug-likeness (QED) is 0.778. The molecule has 2 nitrogen and oxygen atoms in total. The fourth-order valence-electron chi connectivity index (χ4n) is 1.74. The van der Waals surface area contributed by atoms with E-state index in [4.69, 9.17) is 0 Å². The summed E-state index contributed by atoms with van der Waals surface area (Å²) < 4.78 is 0. The molecule has 0 aromatic carbocycles. The molecule has 4 heteroatoms. The summed E-state index contributed by atoms with van der Waals surface area (Å²) in [6.45, 7) is 2.75. The van der Waals surface area contributed by atoms with E-state index in [1.165, 1.54) is 9.75 Å². The molecule has 2 rings (SSSR count). The number of nitrogens with one attached hydrogen (secondary N) is 1. The average molecular weight is 255 g/mol. The summed E-state index contributed by atoms with van der Waals surface area (Å²) in [5.41, 5.74) is 0.221. The van der Waals surface area contributed by atoms with Gasteiger partial charge in [-0.05, 0) is 43.1 Å². The standard InChI is InChI=1S/C12H17NOS2/c1-9-2-3-10(16-9)7-13-11(14)6-12(8-15)4-5-12/h2-3,15H,4-8H2,1H3,(H,13,14). The Morgan fingerprint density at radius 3 is 2.81 bits per heavy atom. The number of thiophene rings is 1. The van der Waals surface area contributed by atoms with Crippen LogP contribution < -0.4 is 5.32 Å². The predicted octanol–water partition coefficient (Wildman–Crippen LogP) is 2.77. The second kappa shape index (κ2) is 4.80. The zero-order valence-corrected chi connectivity index (χ0v) is 11.2. The Kier molecular flexibility index (Phi) is 3.60. The minimum atomic E-state index is 0.164. The Hall–Kier alpha value is -0.480. The Labute approximate surface area is 106 Å². The molecule has 0 spiro atoms. The monoisotopic (exact) mass is 255 g/mol. The number of hydrogen-bond acceptors (Lipinski definition) is 3. The van der Waals surface area contributed by atoms with Crippen LogP contribution >= 0.6 is 24.0 Å². The molecule has 1 aliphatic rings. The molecule has 0 unspecified atom stereocenters. The second-order valence-corrected chi connectivity index (χ2v) is 6.31. The van der Waals surface area contributed by atoms with Crippen molar-refractivity contribution in [2.75, 3.05) is 5.75 Å². The molecule has 1 heterocycles. The van der Waals surface area contributed by atoms with Crippen molar-refractivity contribution in [1.82, 2.24) is 5.32 Å². The minimum Gasteiger partial charge on any atom is -0.351 e. The summed E-state index contributed by atoms with van der Waals surface area (Å²) in [4.78, 5) is 14.2. The summed E-state index contributed by atoms with van der Waals surface area (Å²) in [6, 6.07) is 4.16. The van der Waals surface area contributed by atoms with E-state index in [1.54, 1.807) is 11.3 Å². The first-order valence-corrected chi connectivity index (χ1v) is 7.01. The highest BCUT2D eigenvalue weighted by Crippen LogP contribution is 2.49. The van der Waals surface area contributed by atoms with E-state index in [9.17, 15) is 4.79 Å². The van der Waals surface area contributed by atoms with Crippen LogP contribution in [0, 0.1) is 12.3 Å². The van der Waals surface area contributed by atoms with Gasteiger partial charge >= 0.3 is 0 Å². The predicted molar refractivity (Wildman–Crippen MR) is 71.0 cm³/mol. The van der Waals surface area contributed by atoms with Gasteiger partial charge in [0.05, 0.1) is 6.54 Å². The molecule has 0 saturated heterocycles. The maximum absolute atomic E-state index is 11.7. The van der Waals surface area contributed by atoms with Crippen molar-refractivity contribution in [2.24, 2.45) is 5.41 Å². The van der Waals surface area contributed by atoms with Gasteiger partial charge in [-0.15, -0.1) is 11.3 Å². The van der Waals surface area contributed by atoms with Crippen LogP contribution in [0.3, 0.4) is 0 Å². The molecule has 0 aliphatic heterocycles. The lowest BCUT2D eigenvalue weighted by Crippen LogP contribution is -2.25. The van der Waals surface area contributed by atoms with Crippen molar-refractivity contribution < 1.29 is 4.79 Å². The average Bonchev–Trinajstić information content (AvgIpc) is 2.91. The zero-order chi connectivity index (χ0) is 11.6. The largest absolute Gasteiger partial charge is 0.351 e. The highest BCUT2D eigenvalue weighted by Gasteiger charge is 2.42. The van der Waals surface area contributed by atoms with Crippen LogP contribution in [0.2, 0.25) is 0 Å². The van der Waals surface area contributed by atoms with Gasteiger partial charge in [0.15, 0.2) is 0 Å². The first-order valence-electron chi connectivity index (χ1n) is 5.56. The molecule has 0 atom stereocenters. The van der Waals surface area contributed by atoms with Gasteiger partial charge in [-0.3, -0.25) is 4.79 Å². The van der Waals surface area contributed by atoms with Crippen molar-refractivity contribution >= 4 is 29.9 Å². The highest BCUT2D eigenvalue weighted by atomic mass is 32.1. The van der Waals surface area contributed by atoms with Crippen molar-refractivity contribution in [3.05, 3.63) is 21.9 Å². The summed E-state index contributed by atoms with van der Waals surface area (Å²) in [6.07, 6.45) is 2.95. The van der Waals surface area contributed by atoms with Gasteiger partial charge < -0.3 is 5.32 Å². The van der Waals surface area contributed by atoms with Gasteiger partial charge in [0.1, 0.15) is 0 Å². The Balaban J connectivity index is 1.76. The van der Waals surface area contributed by atoms with Gasteiger partial charge in [-0.25, -0.2) is 0 Å². The zero-order valence-electron chi connectivity index (χ0n) is 9.45. The van der Waals surface area contributed by atoms with Gasteiger partial charge in [-0.2, -0.15) is 12.6 Å². The molecule has 0 radical (unpaired) electrons. The number of carbonyl (C=O) groups excluding carboxylic acids is 1. The van der Waals surface area contributed by atoms with Crippen molar-refractivity contribution in [1.29, 1.82) is 0 Å². The lowest BCUT2D eigenvalue weighted by Gasteiger charge is -2.11. The second-order valence-electron chi connectivity index (χ2n) is 4.62. The molecule has 0 bridgehead atoms. The Bertz CT molecular complexity index is 382. The molecule has 1 amide bonds. The third kappa shape index (κ3) is 3.01. The summed E-state index contributed by atoms with van der Waals surface area (Å²) in [5, 5.41) is 2.98. The molecule has 1 aromatic rings. The first kappa shape index (κ1) is 12.0. The van der Waals surface area contributed by atoms with Crippen LogP contribution in [0.4, 0.5) is 0 Å². The molecule has 88 valence electrons. The molecule has 1 saturated carbocycles. The Morgan fingerprint density at radius 2 is 2.31 bits per heavy atom. The van der Waals surface area contributed by atoms with E-state index < -0.39 is 0 Å². The van der Waals surface area contributed by atoms with Crippen LogP contribution in [0.5, 0.6) is 0 Å². The van der Waals surface area contributed by atoms with E-state index in [-0.39, 0.29) is 11.3 Å². The minimum absolute atomic E-state index is 0.164. The summed E-state index contributed by atoms with van der Waals surface area (Å²) >= 11 is 6.04. The van der Waals surface area contributed by atoms with Gasteiger partial charge in [0.2, 0.25) is 5.91 Å². The van der Waals surface area contributed by atoms with Crippen LogP contribution in [-0.2, 0) is 11.3 Å². The third-order valence-electron chi connectivity index (χ3n) is 3.08. The maximum atomic E-state index is 11.7. The van der Waals surface area contributed by atoms with Gasteiger partial charge in [-0.1, -0.05) is 0 Å². The lowest BCUT2D eigenvalue weighted by atomic mass is 10.1. The molecule has 16 heavy (non-hydrogen) atoms. The van der Waals surface area contributed by atoms with Crippen LogP contribution in [-0.4, -0.2) is 11.7 Å². The smallest absolute Gasteiger partial charge is 0.220 e.